The number of ketones is 1. The molecular formula is C19H14BrNO2. The maximum Gasteiger partial charge on any atom is 0.235 e. The van der Waals surface area contributed by atoms with Crippen molar-refractivity contribution >= 4 is 44.1 Å². The average molecular weight is 368 g/mol. The lowest BCUT2D eigenvalue weighted by Crippen LogP contribution is -2.15. The first-order valence-electron chi connectivity index (χ1n) is 7.17. The average Bonchev–Trinajstić information content (AvgIpc) is 2.61. The Morgan fingerprint density at radius 3 is 2.13 bits per heavy atom. The third-order valence-corrected chi connectivity index (χ3v) is 4.07. The van der Waals surface area contributed by atoms with E-state index in [1.165, 1.54) is 0 Å². The Morgan fingerprint density at radius 2 is 1.48 bits per heavy atom. The zero-order valence-electron chi connectivity index (χ0n) is 12.3. The van der Waals surface area contributed by atoms with Gasteiger partial charge in [-0.2, -0.15) is 0 Å². The number of rotatable bonds is 4. The van der Waals surface area contributed by atoms with Crippen molar-refractivity contribution in [2.45, 2.75) is 0 Å². The molecule has 0 unspecified atom stereocenters. The van der Waals surface area contributed by atoms with Crippen LogP contribution in [0.3, 0.4) is 0 Å². The van der Waals surface area contributed by atoms with Crippen LogP contribution in [0.25, 0.3) is 10.8 Å². The van der Waals surface area contributed by atoms with Gasteiger partial charge >= 0.3 is 0 Å². The molecule has 3 nitrogen and oxygen atoms in total. The maximum atomic E-state index is 12.8. The van der Waals surface area contributed by atoms with Crippen LogP contribution in [0, 0.1) is 0 Å². The van der Waals surface area contributed by atoms with Gasteiger partial charge < -0.3 is 5.32 Å². The molecule has 0 fully saturated rings. The predicted octanol–water partition coefficient (Wildman–Crippen LogP) is 4.40. The molecule has 1 amide bonds. The monoisotopic (exact) mass is 367 g/mol. The number of benzene rings is 3. The molecule has 1 N–H and O–H groups in total. The van der Waals surface area contributed by atoms with E-state index in [0.717, 1.165) is 10.8 Å². The Bertz CT molecular complexity index is 875. The SMILES string of the molecule is O=C(CBr)Nc1cc2ccccc2cc1C(=O)c1ccccc1. The molecule has 3 rings (SSSR count). The van der Waals surface area contributed by atoms with Crippen molar-refractivity contribution in [2.24, 2.45) is 0 Å². The van der Waals surface area contributed by atoms with E-state index in [0.29, 0.717) is 16.8 Å². The lowest BCUT2D eigenvalue weighted by Gasteiger charge is -2.12. The van der Waals surface area contributed by atoms with Crippen LogP contribution in [-0.2, 0) is 4.79 Å². The van der Waals surface area contributed by atoms with Gasteiger partial charge in [0, 0.05) is 11.1 Å². The Hall–Kier alpha value is -2.46. The van der Waals surface area contributed by atoms with Crippen molar-refractivity contribution < 1.29 is 9.59 Å². The standard InChI is InChI=1S/C19H14BrNO2/c20-12-18(22)21-17-11-15-9-5-4-8-14(15)10-16(17)19(23)13-6-2-1-3-7-13/h1-11H,12H2,(H,21,22). The van der Waals surface area contributed by atoms with Crippen LogP contribution >= 0.6 is 15.9 Å². The van der Waals surface area contributed by atoms with Crippen molar-refractivity contribution in [1.29, 1.82) is 0 Å². The second-order valence-electron chi connectivity index (χ2n) is 5.12. The lowest BCUT2D eigenvalue weighted by molar-refractivity contribution is -0.113. The molecule has 114 valence electrons. The van der Waals surface area contributed by atoms with E-state index in [1.54, 1.807) is 12.1 Å². The summed E-state index contributed by atoms with van der Waals surface area (Å²) >= 11 is 3.13. The van der Waals surface area contributed by atoms with E-state index in [-0.39, 0.29) is 17.0 Å². The molecule has 0 aromatic heterocycles. The number of amides is 1. The van der Waals surface area contributed by atoms with Gasteiger partial charge in [-0.25, -0.2) is 0 Å². The van der Waals surface area contributed by atoms with Crippen LogP contribution in [0.4, 0.5) is 5.69 Å². The van der Waals surface area contributed by atoms with Crippen LogP contribution in [0.1, 0.15) is 15.9 Å². The Morgan fingerprint density at radius 1 is 0.870 bits per heavy atom. The zero-order chi connectivity index (χ0) is 16.2. The lowest BCUT2D eigenvalue weighted by atomic mass is 9.98. The quantitative estimate of drug-likeness (QED) is 0.548. The summed E-state index contributed by atoms with van der Waals surface area (Å²) in [5, 5.41) is 4.91. The predicted molar refractivity (Wildman–Crippen MR) is 96.2 cm³/mol. The molecule has 0 aliphatic heterocycles. The molecule has 0 saturated carbocycles. The highest BCUT2D eigenvalue weighted by atomic mass is 79.9. The third-order valence-electron chi connectivity index (χ3n) is 3.56. The number of hydrogen-bond acceptors (Lipinski definition) is 2. The normalized spacial score (nSPS) is 10.5. The van der Waals surface area contributed by atoms with Gasteiger partial charge in [-0.15, -0.1) is 0 Å². The van der Waals surface area contributed by atoms with Crippen molar-refractivity contribution in [2.75, 3.05) is 10.6 Å². The number of anilines is 1. The topological polar surface area (TPSA) is 46.2 Å². The number of alkyl halides is 1. The molecule has 0 radical (unpaired) electrons. The molecule has 23 heavy (non-hydrogen) atoms. The number of nitrogens with one attached hydrogen (secondary N) is 1. The largest absolute Gasteiger partial charge is 0.325 e. The van der Waals surface area contributed by atoms with E-state index < -0.39 is 0 Å². The summed E-state index contributed by atoms with van der Waals surface area (Å²) in [4.78, 5) is 24.6. The molecule has 0 heterocycles. The molecular weight excluding hydrogens is 354 g/mol. The van der Waals surface area contributed by atoms with Crippen molar-refractivity contribution in [3.63, 3.8) is 0 Å². The number of carbonyl (C=O) groups excluding carboxylic acids is 2. The van der Waals surface area contributed by atoms with Gasteiger partial charge in [-0.3, -0.25) is 9.59 Å². The Kier molecular flexibility index (Phi) is 4.53. The van der Waals surface area contributed by atoms with Crippen LogP contribution in [0.15, 0.2) is 66.7 Å². The molecule has 0 saturated heterocycles. The highest BCUT2D eigenvalue weighted by molar-refractivity contribution is 9.09. The Labute approximate surface area is 142 Å². The summed E-state index contributed by atoms with van der Waals surface area (Å²) in [6.07, 6.45) is 0. The smallest absolute Gasteiger partial charge is 0.235 e. The molecule has 0 aliphatic carbocycles. The molecule has 0 bridgehead atoms. The van der Waals surface area contributed by atoms with E-state index in [1.807, 2.05) is 54.6 Å². The van der Waals surface area contributed by atoms with Crippen LogP contribution in [0.5, 0.6) is 0 Å². The first kappa shape index (κ1) is 15.4. The summed E-state index contributed by atoms with van der Waals surface area (Å²) < 4.78 is 0. The molecule has 4 heteroatoms. The summed E-state index contributed by atoms with van der Waals surface area (Å²) in [6.45, 7) is 0. The van der Waals surface area contributed by atoms with Gasteiger partial charge in [0.1, 0.15) is 0 Å². The minimum absolute atomic E-state index is 0.110. The van der Waals surface area contributed by atoms with E-state index in [9.17, 15) is 9.59 Å². The fourth-order valence-electron chi connectivity index (χ4n) is 2.46. The first-order chi connectivity index (χ1) is 11.2. The first-order valence-corrected chi connectivity index (χ1v) is 8.29. The highest BCUT2D eigenvalue weighted by Gasteiger charge is 2.16. The molecule has 3 aromatic carbocycles. The van der Waals surface area contributed by atoms with Gasteiger partial charge in [0.15, 0.2) is 5.78 Å². The van der Waals surface area contributed by atoms with Crippen LogP contribution < -0.4 is 5.32 Å². The molecule has 0 atom stereocenters. The minimum atomic E-state index is -0.192. The van der Waals surface area contributed by atoms with Crippen molar-refractivity contribution in [3.05, 3.63) is 77.9 Å². The second-order valence-corrected chi connectivity index (χ2v) is 5.68. The number of hydrogen-bond donors (Lipinski definition) is 1. The van der Waals surface area contributed by atoms with Gasteiger partial charge in [-0.05, 0) is 22.9 Å². The minimum Gasteiger partial charge on any atom is -0.325 e. The van der Waals surface area contributed by atoms with Gasteiger partial charge in [0.2, 0.25) is 5.91 Å². The van der Waals surface area contributed by atoms with E-state index in [2.05, 4.69) is 21.2 Å². The molecule has 3 aromatic rings. The second kappa shape index (κ2) is 6.75. The Balaban J connectivity index is 2.14. The number of fused-ring (bicyclic) bond motifs is 1. The fraction of sp³-hybridized carbons (Fsp3) is 0.0526. The summed E-state index contributed by atoms with van der Waals surface area (Å²) in [5.41, 5.74) is 1.61. The van der Waals surface area contributed by atoms with E-state index in [4.69, 9.17) is 0 Å². The van der Waals surface area contributed by atoms with Gasteiger partial charge in [0.25, 0.3) is 0 Å². The highest BCUT2D eigenvalue weighted by Crippen LogP contribution is 2.26. The maximum absolute atomic E-state index is 12.8. The van der Waals surface area contributed by atoms with E-state index >= 15 is 0 Å². The van der Waals surface area contributed by atoms with Crippen molar-refractivity contribution in [1.82, 2.24) is 0 Å². The molecule has 0 spiro atoms. The number of halogens is 1. The number of carbonyl (C=O) groups is 2. The van der Waals surface area contributed by atoms with Gasteiger partial charge in [0.05, 0.1) is 11.0 Å². The molecule has 0 aliphatic rings. The van der Waals surface area contributed by atoms with Crippen molar-refractivity contribution in [3.8, 4) is 0 Å². The third kappa shape index (κ3) is 3.32. The summed E-state index contributed by atoms with van der Waals surface area (Å²) in [5.74, 6) is -0.302. The zero-order valence-corrected chi connectivity index (χ0v) is 13.8. The fourth-order valence-corrected chi connectivity index (χ4v) is 2.60. The van der Waals surface area contributed by atoms with Crippen LogP contribution in [-0.4, -0.2) is 17.0 Å². The van der Waals surface area contributed by atoms with Gasteiger partial charge in [-0.1, -0.05) is 70.5 Å². The summed E-state index contributed by atoms with van der Waals surface area (Å²) in [7, 11) is 0. The summed E-state index contributed by atoms with van der Waals surface area (Å²) in [6, 6.07) is 20.5. The van der Waals surface area contributed by atoms with Crippen LogP contribution in [0.2, 0.25) is 0 Å².